The quantitative estimate of drug-likeness (QED) is 0.724. The van der Waals surface area contributed by atoms with Crippen molar-refractivity contribution in [3.63, 3.8) is 0 Å². The summed E-state index contributed by atoms with van der Waals surface area (Å²) in [5.74, 6) is 0.0189. The van der Waals surface area contributed by atoms with Crippen LogP contribution in [0.5, 0.6) is 5.75 Å². The molecular formula is C14H12BrFNO2Y-. The summed E-state index contributed by atoms with van der Waals surface area (Å²) in [5.41, 5.74) is 0.478. The molecule has 1 heterocycles. The fourth-order valence-corrected chi connectivity index (χ4v) is 2.14. The Hall–Kier alpha value is -0.516. The van der Waals surface area contributed by atoms with Crippen molar-refractivity contribution in [3.05, 3.63) is 51.0 Å². The summed E-state index contributed by atoms with van der Waals surface area (Å²) in [4.78, 5) is 11.8. The normalized spacial score (nSPS) is 10.0. The molecule has 2 aromatic rings. The van der Waals surface area contributed by atoms with E-state index in [2.05, 4.69) is 22.0 Å². The maximum atomic E-state index is 14.0. The molecule has 1 aromatic carbocycles. The molecule has 1 radical (unpaired) electrons. The van der Waals surface area contributed by atoms with Gasteiger partial charge in [0, 0.05) is 45.8 Å². The number of pyridine rings is 1. The molecule has 3 nitrogen and oxygen atoms in total. The topological polar surface area (TPSA) is 31.2 Å². The first-order valence-electron chi connectivity index (χ1n) is 5.74. The Morgan fingerprint density at radius 3 is 2.75 bits per heavy atom. The molecule has 6 heteroatoms. The van der Waals surface area contributed by atoms with Crippen molar-refractivity contribution < 1.29 is 41.8 Å². The number of ether oxygens (including phenoxy) is 1. The minimum absolute atomic E-state index is 0. The van der Waals surface area contributed by atoms with Crippen molar-refractivity contribution in [2.75, 3.05) is 6.61 Å². The van der Waals surface area contributed by atoms with Crippen LogP contribution in [0, 0.1) is 11.9 Å². The number of hydrogen-bond acceptors (Lipinski definition) is 2. The molecule has 0 aliphatic heterocycles. The molecule has 2 rings (SSSR count). The molecule has 0 spiro atoms. The molecule has 0 aliphatic carbocycles. The third-order valence-corrected chi connectivity index (χ3v) is 3.25. The van der Waals surface area contributed by atoms with E-state index in [1.54, 1.807) is 19.2 Å². The van der Waals surface area contributed by atoms with E-state index < -0.39 is 5.82 Å². The molecule has 20 heavy (non-hydrogen) atoms. The number of nitrogens with zero attached hydrogens (tertiary/aromatic N) is 1. The fourth-order valence-electron chi connectivity index (χ4n) is 1.75. The minimum Gasteiger partial charge on any atom is -0.494 e. The van der Waals surface area contributed by atoms with Gasteiger partial charge in [-0.1, -0.05) is 11.3 Å². The first kappa shape index (κ1) is 17.5. The van der Waals surface area contributed by atoms with Crippen LogP contribution in [0.15, 0.2) is 33.5 Å². The Morgan fingerprint density at radius 1 is 1.45 bits per heavy atom. The summed E-state index contributed by atoms with van der Waals surface area (Å²) < 4.78 is 21.0. The Kier molecular flexibility index (Phi) is 6.56. The summed E-state index contributed by atoms with van der Waals surface area (Å²) in [7, 11) is 1.58. The van der Waals surface area contributed by atoms with E-state index in [1.165, 1.54) is 16.7 Å². The Morgan fingerprint density at radius 2 is 2.15 bits per heavy atom. The summed E-state index contributed by atoms with van der Waals surface area (Å²) in [5, 5.41) is 0. The molecular weight excluding hydrogens is 402 g/mol. The van der Waals surface area contributed by atoms with E-state index in [0.717, 1.165) is 0 Å². The first-order chi connectivity index (χ1) is 9.04. The monoisotopic (exact) mass is 413 g/mol. The van der Waals surface area contributed by atoms with Crippen molar-refractivity contribution in [1.82, 2.24) is 4.57 Å². The van der Waals surface area contributed by atoms with Gasteiger partial charge in [-0.25, -0.2) is 4.39 Å². The molecule has 0 aliphatic rings. The Balaban J connectivity index is 0.00000200. The van der Waals surface area contributed by atoms with Crippen molar-refractivity contribution in [2.45, 2.75) is 6.92 Å². The van der Waals surface area contributed by atoms with Gasteiger partial charge in [0.05, 0.1) is 12.4 Å². The summed E-state index contributed by atoms with van der Waals surface area (Å²) in [6, 6.07) is 8.94. The van der Waals surface area contributed by atoms with Crippen LogP contribution in [-0.4, -0.2) is 11.2 Å². The molecule has 0 N–H and O–H groups in total. The Bertz CT molecular complexity index is 673. The van der Waals surface area contributed by atoms with Gasteiger partial charge < -0.3 is 9.30 Å². The average molecular weight is 414 g/mol. The Labute approximate surface area is 150 Å². The second-order valence-electron chi connectivity index (χ2n) is 3.92. The molecule has 0 unspecified atom stereocenters. The van der Waals surface area contributed by atoms with Crippen LogP contribution in [0.1, 0.15) is 6.92 Å². The van der Waals surface area contributed by atoms with Crippen molar-refractivity contribution in [3.8, 4) is 17.0 Å². The summed E-state index contributed by atoms with van der Waals surface area (Å²) in [6.07, 6.45) is 0. The van der Waals surface area contributed by atoms with Gasteiger partial charge in [-0.2, -0.15) is 12.1 Å². The second kappa shape index (κ2) is 7.48. The zero-order valence-corrected chi connectivity index (χ0v) is 15.5. The standard InChI is InChI=1S/C14H12BrFNO2.Y/c1-3-19-9-4-5-10(12(16)8-9)13-7-6-11(15)14(18)17(13)2;/h4-6,8H,3H2,1-2H3;/q-1;. The first-order valence-corrected chi connectivity index (χ1v) is 6.53. The van der Waals surface area contributed by atoms with Crippen LogP contribution in [0.3, 0.4) is 0 Å². The van der Waals surface area contributed by atoms with Crippen LogP contribution < -0.4 is 10.3 Å². The third-order valence-electron chi connectivity index (χ3n) is 2.69. The predicted octanol–water partition coefficient (Wildman–Crippen LogP) is 3.15. The van der Waals surface area contributed by atoms with Crippen molar-refractivity contribution in [2.24, 2.45) is 7.05 Å². The van der Waals surface area contributed by atoms with Crippen molar-refractivity contribution in [1.29, 1.82) is 0 Å². The van der Waals surface area contributed by atoms with Gasteiger partial charge >= 0.3 is 0 Å². The zero-order valence-electron chi connectivity index (χ0n) is 11.1. The maximum Gasteiger partial charge on any atom is 0.208 e. The van der Waals surface area contributed by atoms with Crippen molar-refractivity contribution >= 4 is 15.9 Å². The fraction of sp³-hybridized carbons (Fsp3) is 0.214. The number of rotatable bonds is 3. The SMILES string of the molecule is CCOc1ccc(-c2[c-]cc(Br)c(=O)n2C)c(F)c1.[Y]. The van der Waals surface area contributed by atoms with E-state index in [1.807, 2.05) is 6.92 Å². The number of benzene rings is 1. The van der Waals surface area contributed by atoms with Gasteiger partial charge in [0.2, 0.25) is 5.56 Å². The number of aromatic nitrogens is 1. The van der Waals surface area contributed by atoms with Crippen LogP contribution in [0.25, 0.3) is 11.3 Å². The maximum absolute atomic E-state index is 14.0. The van der Waals surface area contributed by atoms with Gasteiger partial charge in [0.15, 0.2) is 0 Å². The largest absolute Gasteiger partial charge is 0.494 e. The van der Waals surface area contributed by atoms with E-state index in [-0.39, 0.29) is 38.3 Å². The van der Waals surface area contributed by atoms with Gasteiger partial charge in [0.25, 0.3) is 0 Å². The predicted molar refractivity (Wildman–Crippen MR) is 74.8 cm³/mol. The average Bonchev–Trinajstić information content (AvgIpc) is 2.38. The van der Waals surface area contributed by atoms with E-state index in [0.29, 0.717) is 28.1 Å². The molecule has 1 aromatic heterocycles. The minimum atomic E-state index is -0.445. The second-order valence-corrected chi connectivity index (χ2v) is 4.78. The van der Waals surface area contributed by atoms with E-state index in [4.69, 9.17) is 4.74 Å². The number of halogens is 2. The van der Waals surface area contributed by atoms with Crippen LogP contribution in [0.4, 0.5) is 4.39 Å². The summed E-state index contributed by atoms with van der Waals surface area (Å²) in [6.45, 7) is 2.31. The molecule has 0 saturated heterocycles. The molecule has 0 amide bonds. The zero-order chi connectivity index (χ0) is 14.0. The van der Waals surface area contributed by atoms with Crippen LogP contribution in [0.2, 0.25) is 0 Å². The van der Waals surface area contributed by atoms with Crippen LogP contribution >= 0.6 is 15.9 Å². The summed E-state index contributed by atoms with van der Waals surface area (Å²) >= 11 is 3.13. The molecule has 103 valence electrons. The van der Waals surface area contributed by atoms with Gasteiger partial charge in [-0.3, -0.25) is 4.79 Å². The van der Waals surface area contributed by atoms with E-state index >= 15 is 0 Å². The molecule has 0 fully saturated rings. The van der Waals surface area contributed by atoms with Gasteiger partial charge in [0.1, 0.15) is 5.75 Å². The van der Waals surface area contributed by atoms with Gasteiger partial charge in [-0.05, 0) is 17.5 Å². The number of hydrogen-bond donors (Lipinski definition) is 0. The smallest absolute Gasteiger partial charge is 0.208 e. The molecule has 0 bridgehead atoms. The van der Waals surface area contributed by atoms with Gasteiger partial charge in [-0.15, -0.1) is 22.0 Å². The van der Waals surface area contributed by atoms with E-state index in [9.17, 15) is 9.18 Å². The van der Waals surface area contributed by atoms with Crippen LogP contribution in [-0.2, 0) is 39.8 Å². The molecule has 0 atom stereocenters. The third kappa shape index (κ3) is 3.57. The molecule has 0 saturated carbocycles.